The summed E-state index contributed by atoms with van der Waals surface area (Å²) in [5.74, 6) is 0. The monoisotopic (exact) mass is 371 g/mol. The largest absolute Gasteiger partial charge is 0.384 e. The van der Waals surface area contributed by atoms with Gasteiger partial charge >= 0.3 is 0 Å². The van der Waals surface area contributed by atoms with Crippen LogP contribution in [0.15, 0.2) is 36.5 Å². The van der Waals surface area contributed by atoms with Crippen LogP contribution in [0, 0.1) is 0 Å². The van der Waals surface area contributed by atoms with Gasteiger partial charge in [-0.1, -0.05) is 36.7 Å². The predicted octanol–water partition coefficient (Wildman–Crippen LogP) is 3.66. The van der Waals surface area contributed by atoms with E-state index in [0.717, 1.165) is 30.6 Å². The number of likely N-dealkylation sites (tertiary alicyclic amines) is 1. The van der Waals surface area contributed by atoms with Gasteiger partial charge in [0.15, 0.2) is 0 Å². The molecule has 0 saturated carbocycles. The number of hydrogen-bond donors (Lipinski definition) is 1. The van der Waals surface area contributed by atoms with Gasteiger partial charge < -0.3 is 14.9 Å². The molecule has 2 aromatic rings. The Bertz CT molecular complexity index is 756. The van der Waals surface area contributed by atoms with Crippen LogP contribution in [0.1, 0.15) is 42.6 Å². The summed E-state index contributed by atoms with van der Waals surface area (Å²) in [6.45, 7) is 6.85. The molecule has 1 fully saturated rings. The molecule has 1 saturated heterocycles. The molecule has 138 valence electrons. The van der Waals surface area contributed by atoms with Crippen LogP contribution >= 0.6 is 11.6 Å². The Balaban J connectivity index is 1.55. The standard InChI is InChI=1S/C21H26ClN3O/c1-2-24-10-8-18(9-11-24)25-12-7-15-3-4-16(13-19(15)25)21(26)17-5-6-20(22)23-14-17/h3-6,13-14,18,21,26H,2,7-12H2,1H3. The van der Waals surface area contributed by atoms with Gasteiger partial charge in [0.05, 0.1) is 0 Å². The number of fused-ring (bicyclic) bond motifs is 1. The van der Waals surface area contributed by atoms with Crippen LogP contribution in [0.2, 0.25) is 5.15 Å². The van der Waals surface area contributed by atoms with Crippen molar-refractivity contribution in [1.29, 1.82) is 0 Å². The van der Waals surface area contributed by atoms with Crippen LogP contribution in [0.25, 0.3) is 0 Å². The Morgan fingerprint density at radius 2 is 1.92 bits per heavy atom. The van der Waals surface area contributed by atoms with E-state index in [9.17, 15) is 5.11 Å². The maximum atomic E-state index is 10.8. The Morgan fingerprint density at radius 3 is 2.62 bits per heavy atom. The van der Waals surface area contributed by atoms with Crippen LogP contribution in [0.4, 0.5) is 5.69 Å². The third-order valence-corrected chi connectivity index (χ3v) is 6.09. The molecule has 4 rings (SSSR count). The topological polar surface area (TPSA) is 39.6 Å². The smallest absolute Gasteiger partial charge is 0.129 e. The lowest BCUT2D eigenvalue weighted by atomic mass is 9.99. The summed E-state index contributed by atoms with van der Waals surface area (Å²) in [6, 6.07) is 10.6. The highest BCUT2D eigenvalue weighted by Crippen LogP contribution is 2.35. The third kappa shape index (κ3) is 3.46. The number of aromatic nitrogens is 1. The highest BCUT2D eigenvalue weighted by atomic mass is 35.5. The lowest BCUT2D eigenvalue weighted by Crippen LogP contribution is -2.44. The molecule has 0 amide bonds. The number of hydrogen-bond acceptors (Lipinski definition) is 4. The first-order valence-electron chi connectivity index (χ1n) is 9.57. The lowest BCUT2D eigenvalue weighted by Gasteiger charge is -2.37. The Hall–Kier alpha value is -1.62. The molecule has 1 unspecified atom stereocenters. The maximum Gasteiger partial charge on any atom is 0.129 e. The number of anilines is 1. The van der Waals surface area contributed by atoms with E-state index in [-0.39, 0.29) is 0 Å². The van der Waals surface area contributed by atoms with Crippen LogP contribution in [-0.4, -0.2) is 47.2 Å². The maximum absolute atomic E-state index is 10.8. The average molecular weight is 372 g/mol. The van der Waals surface area contributed by atoms with Crippen LogP contribution in [-0.2, 0) is 6.42 Å². The molecule has 1 aromatic carbocycles. The molecule has 26 heavy (non-hydrogen) atoms. The summed E-state index contributed by atoms with van der Waals surface area (Å²) in [6.07, 6.45) is 4.53. The van der Waals surface area contributed by atoms with Crippen molar-refractivity contribution >= 4 is 17.3 Å². The molecule has 3 heterocycles. The van der Waals surface area contributed by atoms with Crippen molar-refractivity contribution < 1.29 is 5.11 Å². The van der Waals surface area contributed by atoms with Gasteiger partial charge in [-0.2, -0.15) is 0 Å². The summed E-state index contributed by atoms with van der Waals surface area (Å²) < 4.78 is 0. The number of piperidine rings is 1. The number of benzene rings is 1. The fourth-order valence-corrected chi connectivity index (χ4v) is 4.37. The molecule has 2 aliphatic rings. The van der Waals surface area contributed by atoms with Crippen LogP contribution in [0.3, 0.4) is 0 Å². The molecule has 0 bridgehead atoms. The van der Waals surface area contributed by atoms with Crippen molar-refractivity contribution in [2.24, 2.45) is 0 Å². The van der Waals surface area contributed by atoms with Gasteiger partial charge in [-0.05, 0) is 49.1 Å². The Kier molecular flexibility index (Phi) is 5.16. The SMILES string of the molecule is CCN1CCC(N2CCc3ccc(C(O)c4ccc(Cl)nc4)cc32)CC1. The van der Waals surface area contributed by atoms with Crippen molar-refractivity contribution in [2.75, 3.05) is 31.1 Å². The van der Waals surface area contributed by atoms with Crippen LogP contribution < -0.4 is 4.90 Å². The summed E-state index contributed by atoms with van der Waals surface area (Å²) in [4.78, 5) is 9.19. The molecular formula is C21H26ClN3O. The van der Waals surface area contributed by atoms with Gasteiger partial charge in [-0.15, -0.1) is 0 Å². The molecule has 5 heteroatoms. The van der Waals surface area contributed by atoms with E-state index >= 15 is 0 Å². The third-order valence-electron chi connectivity index (χ3n) is 5.87. The van der Waals surface area contributed by atoms with E-state index in [1.54, 1.807) is 12.3 Å². The normalized spacial score (nSPS) is 19.6. The molecule has 0 radical (unpaired) electrons. The van der Waals surface area contributed by atoms with Gasteiger partial charge in [-0.25, -0.2) is 4.98 Å². The molecule has 1 N–H and O–H groups in total. The summed E-state index contributed by atoms with van der Waals surface area (Å²) in [5, 5.41) is 11.2. The minimum Gasteiger partial charge on any atom is -0.384 e. The van der Waals surface area contributed by atoms with Crippen LogP contribution in [0.5, 0.6) is 0 Å². The van der Waals surface area contributed by atoms with Gasteiger partial charge in [0.1, 0.15) is 11.3 Å². The second-order valence-electron chi connectivity index (χ2n) is 7.31. The number of nitrogens with zero attached hydrogens (tertiary/aromatic N) is 3. The average Bonchev–Trinajstić information content (AvgIpc) is 3.11. The first kappa shape index (κ1) is 17.8. The molecule has 0 spiro atoms. The van der Waals surface area contributed by atoms with E-state index in [0.29, 0.717) is 11.2 Å². The van der Waals surface area contributed by atoms with Gasteiger partial charge in [0.25, 0.3) is 0 Å². The highest BCUT2D eigenvalue weighted by Gasteiger charge is 2.29. The number of aliphatic hydroxyl groups excluding tert-OH is 1. The van der Waals surface area contributed by atoms with Gasteiger partial charge in [0.2, 0.25) is 0 Å². The van der Waals surface area contributed by atoms with E-state index in [4.69, 9.17) is 11.6 Å². The molecule has 1 atom stereocenters. The Labute approximate surface area is 160 Å². The summed E-state index contributed by atoms with van der Waals surface area (Å²) in [7, 11) is 0. The minimum atomic E-state index is -0.672. The summed E-state index contributed by atoms with van der Waals surface area (Å²) >= 11 is 5.86. The van der Waals surface area contributed by atoms with Crippen molar-refractivity contribution in [3.63, 3.8) is 0 Å². The van der Waals surface area contributed by atoms with Gasteiger partial charge in [0, 0.05) is 43.1 Å². The first-order chi connectivity index (χ1) is 12.7. The van der Waals surface area contributed by atoms with E-state index in [1.165, 1.54) is 37.2 Å². The quantitative estimate of drug-likeness (QED) is 0.832. The minimum absolute atomic E-state index is 0.444. The second kappa shape index (κ2) is 7.55. The number of halogens is 1. The predicted molar refractivity (Wildman–Crippen MR) is 106 cm³/mol. The lowest BCUT2D eigenvalue weighted by molar-refractivity contribution is 0.218. The van der Waals surface area contributed by atoms with Crippen molar-refractivity contribution in [2.45, 2.75) is 38.3 Å². The molecular weight excluding hydrogens is 346 g/mol. The number of pyridine rings is 1. The molecule has 2 aliphatic heterocycles. The number of rotatable bonds is 4. The number of aliphatic hydroxyl groups is 1. The van der Waals surface area contributed by atoms with Crippen molar-refractivity contribution in [1.82, 2.24) is 9.88 Å². The fraction of sp³-hybridized carbons (Fsp3) is 0.476. The van der Waals surface area contributed by atoms with E-state index in [2.05, 4.69) is 33.8 Å². The van der Waals surface area contributed by atoms with Crippen molar-refractivity contribution in [3.8, 4) is 0 Å². The molecule has 1 aromatic heterocycles. The second-order valence-corrected chi connectivity index (χ2v) is 7.70. The molecule has 0 aliphatic carbocycles. The zero-order chi connectivity index (χ0) is 18.1. The zero-order valence-corrected chi connectivity index (χ0v) is 16.0. The first-order valence-corrected chi connectivity index (χ1v) is 9.95. The van der Waals surface area contributed by atoms with E-state index < -0.39 is 6.10 Å². The van der Waals surface area contributed by atoms with Gasteiger partial charge in [-0.3, -0.25) is 0 Å². The fourth-order valence-electron chi connectivity index (χ4n) is 4.26. The highest BCUT2D eigenvalue weighted by molar-refractivity contribution is 6.29. The summed E-state index contributed by atoms with van der Waals surface area (Å²) in [5.41, 5.74) is 4.40. The Morgan fingerprint density at radius 1 is 1.15 bits per heavy atom. The van der Waals surface area contributed by atoms with Crippen molar-refractivity contribution in [3.05, 3.63) is 58.4 Å². The van der Waals surface area contributed by atoms with E-state index in [1.807, 2.05) is 12.1 Å². The zero-order valence-electron chi connectivity index (χ0n) is 15.2. The molecule has 4 nitrogen and oxygen atoms in total.